The van der Waals surface area contributed by atoms with Gasteiger partial charge in [-0.2, -0.15) is 0 Å². The van der Waals surface area contributed by atoms with Gasteiger partial charge in [-0.3, -0.25) is 19.2 Å². The molecule has 9 nitrogen and oxygen atoms in total. The molecule has 208 valence electrons. The van der Waals surface area contributed by atoms with Gasteiger partial charge in [0.15, 0.2) is 18.3 Å². The summed E-state index contributed by atoms with van der Waals surface area (Å²) in [6, 6.07) is 14.5. The maximum atomic E-state index is 12.2. The summed E-state index contributed by atoms with van der Waals surface area (Å²) in [5.41, 5.74) is 5.50. The topological polar surface area (TPSA) is 114 Å². The van der Waals surface area contributed by atoms with Crippen molar-refractivity contribution >= 4 is 23.9 Å². The van der Waals surface area contributed by atoms with E-state index < -0.39 is 54.4 Å². The number of rotatable bonds is 8. The summed E-state index contributed by atoms with van der Waals surface area (Å²) >= 11 is 0. The van der Waals surface area contributed by atoms with Crippen molar-refractivity contribution in [3.05, 3.63) is 70.3 Å². The number of fused-ring (bicyclic) bond motifs is 1. The first-order chi connectivity index (χ1) is 18.6. The van der Waals surface area contributed by atoms with E-state index >= 15 is 0 Å². The van der Waals surface area contributed by atoms with E-state index in [0.29, 0.717) is 5.56 Å². The predicted molar refractivity (Wildman–Crippen MR) is 139 cm³/mol. The van der Waals surface area contributed by atoms with Crippen molar-refractivity contribution in [1.82, 2.24) is 0 Å². The van der Waals surface area contributed by atoms with Crippen LogP contribution in [0.15, 0.2) is 42.5 Å². The van der Waals surface area contributed by atoms with Crippen LogP contribution in [0.1, 0.15) is 74.5 Å². The third-order valence-electron chi connectivity index (χ3n) is 7.08. The van der Waals surface area contributed by atoms with E-state index in [4.69, 9.17) is 23.7 Å². The highest BCUT2D eigenvalue weighted by Gasteiger charge is 2.52. The van der Waals surface area contributed by atoms with E-state index in [0.717, 1.165) is 18.4 Å². The Bertz CT molecular complexity index is 1240. The van der Waals surface area contributed by atoms with Gasteiger partial charge in [0.2, 0.25) is 0 Å². The smallest absolute Gasteiger partial charge is 0.303 e. The summed E-state index contributed by atoms with van der Waals surface area (Å²) in [6.07, 6.45) is -3.50. The SMILES string of the molecule is CCc1ccc(C2Cc3ccc(C4OC(COC(C)=O)C(OC(C)=O)C(OC(C)=O)C4OC(C)=O)cc32)cc1. The summed E-state index contributed by atoms with van der Waals surface area (Å²) < 4.78 is 28.2. The fourth-order valence-electron chi connectivity index (χ4n) is 5.28. The number of carbonyl (C=O) groups is 4. The van der Waals surface area contributed by atoms with Gasteiger partial charge in [0.05, 0.1) is 0 Å². The van der Waals surface area contributed by atoms with Crippen LogP contribution in [0.2, 0.25) is 0 Å². The molecule has 0 saturated carbocycles. The molecule has 0 bridgehead atoms. The van der Waals surface area contributed by atoms with Gasteiger partial charge in [-0.25, -0.2) is 0 Å². The van der Waals surface area contributed by atoms with Crippen LogP contribution < -0.4 is 0 Å². The average molecular weight is 539 g/mol. The maximum absolute atomic E-state index is 12.2. The third-order valence-corrected chi connectivity index (χ3v) is 7.08. The molecule has 1 aliphatic heterocycles. The quantitative estimate of drug-likeness (QED) is 0.366. The minimum Gasteiger partial charge on any atom is -0.463 e. The second kappa shape index (κ2) is 12.0. The Morgan fingerprint density at radius 3 is 1.95 bits per heavy atom. The Hall–Kier alpha value is -3.72. The fourth-order valence-corrected chi connectivity index (χ4v) is 5.28. The third kappa shape index (κ3) is 6.47. The number of carbonyl (C=O) groups excluding carboxylic acids is 4. The first-order valence-corrected chi connectivity index (χ1v) is 13.1. The first-order valence-electron chi connectivity index (χ1n) is 13.1. The minimum absolute atomic E-state index is 0.205. The fraction of sp³-hybridized carbons (Fsp3) is 0.467. The molecule has 1 aliphatic carbocycles. The molecule has 6 unspecified atom stereocenters. The molecular formula is C30H34O9. The van der Waals surface area contributed by atoms with Crippen LogP contribution in [0.25, 0.3) is 0 Å². The molecule has 9 heteroatoms. The van der Waals surface area contributed by atoms with Crippen LogP contribution in [0.5, 0.6) is 0 Å². The van der Waals surface area contributed by atoms with Crippen molar-refractivity contribution in [2.75, 3.05) is 6.61 Å². The molecule has 1 fully saturated rings. The van der Waals surface area contributed by atoms with Crippen LogP contribution in [0.3, 0.4) is 0 Å². The van der Waals surface area contributed by atoms with E-state index in [1.165, 1.54) is 44.4 Å². The summed E-state index contributed by atoms with van der Waals surface area (Å²) in [7, 11) is 0. The lowest BCUT2D eigenvalue weighted by molar-refractivity contribution is -0.254. The molecule has 1 heterocycles. The molecule has 4 rings (SSSR count). The molecule has 2 aromatic rings. The second-order valence-electron chi connectivity index (χ2n) is 9.93. The first kappa shape index (κ1) is 28.3. The molecule has 0 aromatic heterocycles. The summed E-state index contributed by atoms with van der Waals surface area (Å²) in [4.78, 5) is 47.9. The highest BCUT2D eigenvalue weighted by Crippen LogP contribution is 2.44. The van der Waals surface area contributed by atoms with E-state index in [2.05, 4.69) is 31.2 Å². The Kier molecular flexibility index (Phi) is 8.70. The zero-order chi connectivity index (χ0) is 28.3. The second-order valence-corrected chi connectivity index (χ2v) is 9.93. The number of aryl methyl sites for hydroxylation is 1. The molecule has 0 N–H and O–H groups in total. The average Bonchev–Trinajstić information content (AvgIpc) is 2.86. The van der Waals surface area contributed by atoms with Gasteiger partial charge >= 0.3 is 23.9 Å². The summed E-state index contributed by atoms with van der Waals surface area (Å²) in [5, 5.41) is 0. The zero-order valence-electron chi connectivity index (χ0n) is 22.8. The molecule has 0 amide bonds. The predicted octanol–water partition coefficient (Wildman–Crippen LogP) is 3.74. The summed E-state index contributed by atoms with van der Waals surface area (Å²) in [6.45, 7) is 6.75. The van der Waals surface area contributed by atoms with Gasteiger partial charge in [-0.1, -0.05) is 49.4 Å². The number of ether oxygens (including phenoxy) is 5. The molecule has 2 aromatic carbocycles. The highest BCUT2D eigenvalue weighted by molar-refractivity contribution is 5.69. The lowest BCUT2D eigenvalue weighted by atomic mass is 9.72. The Labute approximate surface area is 227 Å². The van der Waals surface area contributed by atoms with Gasteiger partial charge < -0.3 is 23.7 Å². The van der Waals surface area contributed by atoms with Crippen LogP contribution >= 0.6 is 0 Å². The Morgan fingerprint density at radius 2 is 1.36 bits per heavy atom. The standard InChI is InChI=1S/C30H34O9/c1-6-20-7-9-21(10-8-20)24-13-22-11-12-23(14-25(22)24)27-29(37-18(4)33)30(38-19(5)34)28(36-17(3)32)26(39-27)15-35-16(2)31/h7-12,14,24,26-30H,6,13,15H2,1-5H3. The number of hydrogen-bond donors (Lipinski definition) is 0. The molecule has 6 atom stereocenters. The number of esters is 4. The maximum Gasteiger partial charge on any atom is 0.303 e. The van der Waals surface area contributed by atoms with Crippen molar-refractivity contribution in [1.29, 1.82) is 0 Å². The molecule has 0 radical (unpaired) electrons. The normalized spacial score (nSPS) is 25.5. The van der Waals surface area contributed by atoms with Crippen LogP contribution in [-0.4, -0.2) is 54.9 Å². The van der Waals surface area contributed by atoms with Gasteiger partial charge in [0.1, 0.15) is 18.8 Å². The lowest BCUT2D eigenvalue weighted by Crippen LogP contribution is -2.59. The van der Waals surface area contributed by atoms with Crippen molar-refractivity contribution < 1.29 is 42.9 Å². The van der Waals surface area contributed by atoms with Crippen LogP contribution in [0.4, 0.5) is 0 Å². The summed E-state index contributed by atoms with van der Waals surface area (Å²) in [5.74, 6) is -2.29. The largest absolute Gasteiger partial charge is 0.463 e. The van der Waals surface area contributed by atoms with E-state index in [1.54, 1.807) is 0 Å². The molecule has 39 heavy (non-hydrogen) atoms. The van der Waals surface area contributed by atoms with Gasteiger partial charge in [-0.15, -0.1) is 0 Å². The Morgan fingerprint density at radius 1 is 0.769 bits per heavy atom. The van der Waals surface area contributed by atoms with Gasteiger partial charge in [0, 0.05) is 33.6 Å². The monoisotopic (exact) mass is 538 g/mol. The van der Waals surface area contributed by atoms with Crippen molar-refractivity contribution in [3.63, 3.8) is 0 Å². The number of benzene rings is 2. The van der Waals surface area contributed by atoms with Crippen molar-refractivity contribution in [3.8, 4) is 0 Å². The van der Waals surface area contributed by atoms with Crippen LogP contribution in [0, 0.1) is 0 Å². The van der Waals surface area contributed by atoms with Crippen LogP contribution in [-0.2, 0) is 55.7 Å². The minimum atomic E-state index is -1.20. The molecule has 0 spiro atoms. The number of hydrogen-bond acceptors (Lipinski definition) is 9. The lowest BCUT2D eigenvalue weighted by Gasteiger charge is -2.45. The van der Waals surface area contributed by atoms with Crippen molar-refractivity contribution in [2.45, 2.75) is 83.9 Å². The molecule has 1 saturated heterocycles. The Balaban J connectivity index is 1.72. The molecule has 2 aliphatic rings. The van der Waals surface area contributed by atoms with Gasteiger partial charge in [-0.05, 0) is 40.7 Å². The zero-order valence-corrected chi connectivity index (χ0v) is 22.8. The van der Waals surface area contributed by atoms with E-state index in [-0.39, 0.29) is 12.5 Å². The van der Waals surface area contributed by atoms with Gasteiger partial charge in [0.25, 0.3) is 0 Å². The highest BCUT2D eigenvalue weighted by atomic mass is 16.7. The molecular weight excluding hydrogens is 504 g/mol. The van der Waals surface area contributed by atoms with E-state index in [1.807, 2.05) is 18.2 Å². The van der Waals surface area contributed by atoms with E-state index in [9.17, 15) is 19.2 Å². The van der Waals surface area contributed by atoms with Crippen molar-refractivity contribution in [2.24, 2.45) is 0 Å².